The molecule has 0 bridgehead atoms. The molecular weight excluding hydrogens is 228 g/mol. The molecule has 0 heterocycles. The van der Waals surface area contributed by atoms with Crippen molar-refractivity contribution >= 4 is 5.97 Å². The third-order valence-corrected chi connectivity index (χ3v) is 3.33. The van der Waals surface area contributed by atoms with Gasteiger partial charge in [-0.25, -0.2) is 0 Å². The quantitative estimate of drug-likeness (QED) is 0.869. The number of ether oxygens (including phenoxy) is 1. The van der Waals surface area contributed by atoms with Crippen LogP contribution in [0.5, 0.6) is 5.75 Å². The molecule has 0 amide bonds. The van der Waals surface area contributed by atoms with Gasteiger partial charge in [-0.05, 0) is 45.7 Å². The molecule has 0 fully saturated rings. The molecule has 1 N–H and O–H groups in total. The lowest BCUT2D eigenvalue weighted by molar-refractivity contribution is -0.152. The number of benzene rings is 1. The van der Waals surface area contributed by atoms with E-state index in [1.165, 1.54) is 5.56 Å². The summed E-state index contributed by atoms with van der Waals surface area (Å²) in [6, 6.07) is 5.92. The van der Waals surface area contributed by atoms with Gasteiger partial charge in [-0.1, -0.05) is 24.6 Å². The molecule has 0 aliphatic carbocycles. The number of aliphatic carboxylic acids is 1. The summed E-state index contributed by atoms with van der Waals surface area (Å²) in [7, 11) is 0. The third kappa shape index (κ3) is 3.03. The van der Waals surface area contributed by atoms with Crippen LogP contribution < -0.4 is 4.74 Å². The fourth-order valence-corrected chi connectivity index (χ4v) is 1.96. The highest BCUT2D eigenvalue weighted by atomic mass is 16.5. The molecule has 100 valence electrons. The van der Waals surface area contributed by atoms with Crippen LogP contribution in [0.25, 0.3) is 0 Å². The minimum absolute atomic E-state index is 0.337. The number of carboxylic acid groups (broad SMARTS) is 1. The Bertz CT molecular complexity index is 435. The van der Waals surface area contributed by atoms with Crippen LogP contribution in [0, 0.1) is 19.3 Å². The average molecular weight is 250 g/mol. The van der Waals surface area contributed by atoms with Gasteiger partial charge >= 0.3 is 5.97 Å². The number of aryl methyl sites for hydroxylation is 2. The zero-order valence-electron chi connectivity index (χ0n) is 11.8. The van der Waals surface area contributed by atoms with Gasteiger partial charge in [-0.3, -0.25) is 4.79 Å². The van der Waals surface area contributed by atoms with E-state index in [1.807, 2.05) is 39.0 Å². The van der Waals surface area contributed by atoms with Crippen molar-refractivity contribution in [2.24, 2.45) is 5.41 Å². The number of hydrogen-bond donors (Lipinski definition) is 1. The van der Waals surface area contributed by atoms with Gasteiger partial charge in [-0.2, -0.15) is 0 Å². The molecule has 0 saturated heterocycles. The number of carbonyl (C=O) groups is 1. The van der Waals surface area contributed by atoms with Crippen LogP contribution in [-0.2, 0) is 4.79 Å². The molecule has 1 aromatic rings. The van der Waals surface area contributed by atoms with Crippen LogP contribution in [0.2, 0.25) is 0 Å². The van der Waals surface area contributed by atoms with Crippen LogP contribution in [0.3, 0.4) is 0 Å². The highest BCUT2D eigenvalue weighted by Gasteiger charge is 2.37. The largest absolute Gasteiger partial charge is 0.489 e. The highest BCUT2D eigenvalue weighted by molar-refractivity contribution is 5.74. The van der Waals surface area contributed by atoms with Crippen molar-refractivity contribution in [3.05, 3.63) is 29.3 Å². The summed E-state index contributed by atoms with van der Waals surface area (Å²) in [5, 5.41) is 9.25. The van der Waals surface area contributed by atoms with Crippen molar-refractivity contribution in [1.82, 2.24) is 0 Å². The molecule has 0 aliphatic heterocycles. The van der Waals surface area contributed by atoms with Crippen LogP contribution in [0.4, 0.5) is 0 Å². The van der Waals surface area contributed by atoms with E-state index >= 15 is 0 Å². The minimum atomic E-state index is -0.897. The first kappa shape index (κ1) is 14.6. The summed E-state index contributed by atoms with van der Waals surface area (Å²) in [6.07, 6.45) is 0.323. The molecule has 3 nitrogen and oxygen atoms in total. The Hall–Kier alpha value is -1.51. The Balaban J connectivity index is 2.96. The first-order valence-electron chi connectivity index (χ1n) is 6.26. The van der Waals surface area contributed by atoms with Crippen LogP contribution in [0.15, 0.2) is 18.2 Å². The van der Waals surface area contributed by atoms with Gasteiger partial charge in [0.15, 0.2) is 0 Å². The first-order valence-corrected chi connectivity index (χ1v) is 6.26. The number of hydrogen-bond acceptors (Lipinski definition) is 2. The Morgan fingerprint density at radius 2 is 2.00 bits per heavy atom. The van der Waals surface area contributed by atoms with E-state index in [1.54, 1.807) is 13.8 Å². The molecule has 0 radical (unpaired) electrons. The van der Waals surface area contributed by atoms with Crippen LogP contribution in [-0.4, -0.2) is 17.2 Å². The Morgan fingerprint density at radius 1 is 1.39 bits per heavy atom. The van der Waals surface area contributed by atoms with Gasteiger partial charge in [0.05, 0.1) is 5.41 Å². The summed E-state index contributed by atoms with van der Waals surface area (Å²) in [4.78, 5) is 11.3. The summed E-state index contributed by atoms with van der Waals surface area (Å²) in [5.74, 6) is -0.0686. The third-order valence-electron chi connectivity index (χ3n) is 3.33. The fraction of sp³-hybridized carbons (Fsp3) is 0.533. The topological polar surface area (TPSA) is 46.5 Å². The summed E-state index contributed by atoms with van der Waals surface area (Å²) >= 11 is 0. The summed E-state index contributed by atoms with van der Waals surface area (Å²) in [5.41, 5.74) is 1.31. The standard InChI is InChI=1S/C15H22O3/c1-6-13(15(4,5)14(16)17)18-12-8-7-10(2)9-11(12)3/h7-9,13H,6H2,1-5H3,(H,16,17). The molecule has 1 aromatic carbocycles. The monoisotopic (exact) mass is 250 g/mol. The van der Waals surface area contributed by atoms with E-state index < -0.39 is 11.4 Å². The number of carboxylic acids is 1. The van der Waals surface area contributed by atoms with Gasteiger partial charge in [-0.15, -0.1) is 0 Å². The van der Waals surface area contributed by atoms with Crippen molar-refractivity contribution in [3.63, 3.8) is 0 Å². The second kappa shape index (κ2) is 5.42. The van der Waals surface area contributed by atoms with Crippen molar-refractivity contribution in [1.29, 1.82) is 0 Å². The van der Waals surface area contributed by atoms with E-state index in [9.17, 15) is 9.90 Å². The zero-order chi connectivity index (χ0) is 13.9. The summed E-state index contributed by atoms with van der Waals surface area (Å²) < 4.78 is 5.89. The molecule has 0 aromatic heterocycles. The first-order chi connectivity index (χ1) is 8.28. The van der Waals surface area contributed by atoms with Crippen molar-refractivity contribution in [2.45, 2.75) is 47.1 Å². The molecule has 1 unspecified atom stereocenters. The van der Waals surface area contributed by atoms with E-state index in [-0.39, 0.29) is 6.10 Å². The Kier molecular flexibility index (Phi) is 4.38. The average Bonchev–Trinajstić information content (AvgIpc) is 2.27. The normalized spacial score (nSPS) is 13.2. The van der Waals surface area contributed by atoms with Gasteiger partial charge in [0.1, 0.15) is 11.9 Å². The second-order valence-corrected chi connectivity index (χ2v) is 5.31. The summed E-state index contributed by atoms with van der Waals surface area (Å²) in [6.45, 7) is 9.34. The lowest BCUT2D eigenvalue weighted by atomic mass is 9.85. The predicted octanol–water partition coefficient (Wildman–Crippen LogP) is 3.57. The Labute approximate surface area is 109 Å². The molecular formula is C15H22O3. The van der Waals surface area contributed by atoms with Crippen LogP contribution >= 0.6 is 0 Å². The van der Waals surface area contributed by atoms with Crippen LogP contribution in [0.1, 0.15) is 38.3 Å². The second-order valence-electron chi connectivity index (χ2n) is 5.31. The van der Waals surface area contributed by atoms with E-state index in [0.29, 0.717) is 6.42 Å². The van der Waals surface area contributed by atoms with Gasteiger partial charge < -0.3 is 9.84 Å². The molecule has 18 heavy (non-hydrogen) atoms. The smallest absolute Gasteiger partial charge is 0.312 e. The van der Waals surface area contributed by atoms with Crippen molar-refractivity contribution in [2.75, 3.05) is 0 Å². The Morgan fingerprint density at radius 3 is 2.44 bits per heavy atom. The highest BCUT2D eigenvalue weighted by Crippen LogP contribution is 2.30. The van der Waals surface area contributed by atoms with Crippen molar-refractivity contribution in [3.8, 4) is 5.75 Å². The van der Waals surface area contributed by atoms with Gasteiger partial charge in [0, 0.05) is 0 Å². The molecule has 0 saturated carbocycles. The van der Waals surface area contributed by atoms with Gasteiger partial charge in [0.25, 0.3) is 0 Å². The fourth-order valence-electron chi connectivity index (χ4n) is 1.96. The predicted molar refractivity (Wildman–Crippen MR) is 72.0 cm³/mol. The minimum Gasteiger partial charge on any atom is -0.489 e. The molecule has 0 aliphatic rings. The molecule has 0 spiro atoms. The SMILES string of the molecule is CCC(Oc1ccc(C)cc1C)C(C)(C)C(=O)O. The maximum Gasteiger partial charge on any atom is 0.312 e. The lowest BCUT2D eigenvalue weighted by Gasteiger charge is -2.30. The molecule has 3 heteroatoms. The van der Waals surface area contributed by atoms with E-state index in [2.05, 4.69) is 0 Å². The molecule has 1 atom stereocenters. The maximum atomic E-state index is 11.3. The number of rotatable bonds is 5. The maximum absolute atomic E-state index is 11.3. The lowest BCUT2D eigenvalue weighted by Crippen LogP contribution is -2.40. The van der Waals surface area contributed by atoms with E-state index in [4.69, 9.17) is 4.74 Å². The van der Waals surface area contributed by atoms with E-state index in [0.717, 1.165) is 11.3 Å². The zero-order valence-corrected chi connectivity index (χ0v) is 11.8. The molecule has 1 rings (SSSR count). The van der Waals surface area contributed by atoms with Crippen molar-refractivity contribution < 1.29 is 14.6 Å². The van der Waals surface area contributed by atoms with Gasteiger partial charge in [0.2, 0.25) is 0 Å².